The maximum atomic E-state index is 11.2. The minimum Gasteiger partial charge on any atom is -0.493 e. The van der Waals surface area contributed by atoms with Gasteiger partial charge in [0.15, 0.2) is 11.5 Å². The van der Waals surface area contributed by atoms with Gasteiger partial charge in [0.05, 0.1) is 25.3 Å². The Bertz CT molecular complexity index is 1310. The molecule has 0 atom stereocenters. The number of hydrogen-bond acceptors (Lipinski definition) is 7. The van der Waals surface area contributed by atoms with Gasteiger partial charge in [0.2, 0.25) is 0 Å². The number of rotatable bonds is 7. The molecule has 162 valence electrons. The van der Waals surface area contributed by atoms with E-state index in [0.29, 0.717) is 28.8 Å². The van der Waals surface area contributed by atoms with Gasteiger partial charge >= 0.3 is 5.97 Å². The molecule has 0 saturated carbocycles. The van der Waals surface area contributed by atoms with Gasteiger partial charge in [-0.05, 0) is 55.0 Å². The number of methoxy groups -OCH3 is 2. The molecular formula is C24H21N3O5. The minimum absolute atomic E-state index is 0.168. The summed E-state index contributed by atoms with van der Waals surface area (Å²) in [7, 11) is 3.16. The van der Waals surface area contributed by atoms with E-state index in [4.69, 9.17) is 19.3 Å². The van der Waals surface area contributed by atoms with Crippen molar-refractivity contribution in [3.05, 3.63) is 72.1 Å². The Labute approximate surface area is 184 Å². The summed E-state index contributed by atoms with van der Waals surface area (Å²) in [5.41, 5.74) is 2.56. The summed E-state index contributed by atoms with van der Waals surface area (Å²) in [5.74, 6) is 1.88. The maximum Gasteiger partial charge on any atom is 0.335 e. The number of aryl methyl sites for hydroxylation is 1. The van der Waals surface area contributed by atoms with Crippen molar-refractivity contribution in [2.45, 2.75) is 6.92 Å². The van der Waals surface area contributed by atoms with Gasteiger partial charge in [0.25, 0.3) is 0 Å². The van der Waals surface area contributed by atoms with Gasteiger partial charge in [-0.25, -0.2) is 14.8 Å². The Morgan fingerprint density at radius 3 is 2.44 bits per heavy atom. The lowest BCUT2D eigenvalue weighted by Crippen LogP contribution is -1.99. The molecule has 2 N–H and O–H groups in total. The standard InChI is InChI=1S/C24H21N3O5/c1-14-9-16(7-8-20(14)32-17-6-4-5-15(10-17)24(28)29)27-23-18-11-21(30-2)22(31-3)12-19(18)25-13-26-23/h4-13H,1-3H3,(H,28,29)(H,25,26,27). The van der Waals surface area contributed by atoms with Crippen molar-refractivity contribution >= 4 is 28.4 Å². The second-order valence-electron chi connectivity index (χ2n) is 6.99. The molecule has 0 aliphatic carbocycles. The smallest absolute Gasteiger partial charge is 0.335 e. The Hall–Kier alpha value is -4.33. The number of hydrogen-bond donors (Lipinski definition) is 2. The molecule has 1 aromatic heterocycles. The van der Waals surface area contributed by atoms with E-state index in [1.165, 1.54) is 18.5 Å². The molecule has 0 unspecified atom stereocenters. The number of carbonyl (C=O) groups is 1. The number of aromatic carboxylic acids is 1. The van der Waals surface area contributed by atoms with E-state index >= 15 is 0 Å². The highest BCUT2D eigenvalue weighted by Gasteiger charge is 2.12. The number of fused-ring (bicyclic) bond motifs is 1. The molecule has 3 aromatic carbocycles. The van der Waals surface area contributed by atoms with Crippen LogP contribution in [-0.4, -0.2) is 35.3 Å². The van der Waals surface area contributed by atoms with Crippen LogP contribution in [-0.2, 0) is 0 Å². The number of aromatic nitrogens is 2. The zero-order valence-corrected chi connectivity index (χ0v) is 17.7. The van der Waals surface area contributed by atoms with Gasteiger partial charge in [-0.15, -0.1) is 0 Å². The number of carboxylic acid groups (broad SMARTS) is 1. The third-order valence-electron chi connectivity index (χ3n) is 4.89. The van der Waals surface area contributed by atoms with Gasteiger partial charge in [-0.1, -0.05) is 6.07 Å². The molecule has 0 fully saturated rings. The van der Waals surface area contributed by atoms with Crippen LogP contribution in [0.15, 0.2) is 60.9 Å². The predicted octanol–water partition coefficient (Wildman–Crippen LogP) is 5.19. The summed E-state index contributed by atoms with van der Waals surface area (Å²) in [6, 6.07) is 15.6. The van der Waals surface area contributed by atoms with Crippen LogP contribution < -0.4 is 19.5 Å². The second-order valence-corrected chi connectivity index (χ2v) is 6.99. The fourth-order valence-corrected chi connectivity index (χ4v) is 3.28. The van der Waals surface area contributed by atoms with E-state index in [1.54, 1.807) is 32.4 Å². The molecule has 0 amide bonds. The monoisotopic (exact) mass is 431 g/mol. The third-order valence-corrected chi connectivity index (χ3v) is 4.89. The first-order valence-corrected chi connectivity index (χ1v) is 9.74. The Morgan fingerprint density at radius 2 is 1.72 bits per heavy atom. The van der Waals surface area contributed by atoms with Crippen LogP contribution in [0.25, 0.3) is 10.9 Å². The molecule has 0 radical (unpaired) electrons. The van der Waals surface area contributed by atoms with Crippen molar-refractivity contribution in [2.24, 2.45) is 0 Å². The summed E-state index contributed by atoms with van der Waals surface area (Å²) >= 11 is 0. The van der Waals surface area contributed by atoms with Crippen LogP contribution >= 0.6 is 0 Å². The molecule has 0 aliphatic rings. The lowest BCUT2D eigenvalue weighted by atomic mass is 10.1. The molecule has 0 bridgehead atoms. The van der Waals surface area contributed by atoms with Gasteiger partial charge in [-0.3, -0.25) is 0 Å². The maximum absolute atomic E-state index is 11.2. The number of anilines is 2. The second kappa shape index (κ2) is 8.81. The first-order chi connectivity index (χ1) is 15.5. The summed E-state index contributed by atoms with van der Waals surface area (Å²) in [6.45, 7) is 1.91. The number of benzene rings is 3. The lowest BCUT2D eigenvalue weighted by molar-refractivity contribution is 0.0696. The summed E-state index contributed by atoms with van der Waals surface area (Å²) < 4.78 is 16.6. The fourth-order valence-electron chi connectivity index (χ4n) is 3.28. The first kappa shape index (κ1) is 20.9. The molecule has 8 heteroatoms. The third kappa shape index (κ3) is 4.24. The molecule has 0 aliphatic heterocycles. The fraction of sp³-hybridized carbons (Fsp3) is 0.125. The zero-order chi connectivity index (χ0) is 22.7. The highest BCUT2D eigenvalue weighted by Crippen LogP contribution is 2.35. The first-order valence-electron chi connectivity index (χ1n) is 9.74. The molecule has 4 aromatic rings. The van der Waals surface area contributed by atoms with Gasteiger partial charge in [-0.2, -0.15) is 0 Å². The predicted molar refractivity (Wildman–Crippen MR) is 121 cm³/mol. The topological polar surface area (TPSA) is 103 Å². The normalized spacial score (nSPS) is 10.6. The Kier molecular flexibility index (Phi) is 5.76. The quantitative estimate of drug-likeness (QED) is 0.412. The molecule has 1 heterocycles. The van der Waals surface area contributed by atoms with E-state index in [0.717, 1.165) is 22.2 Å². The molecule has 32 heavy (non-hydrogen) atoms. The van der Waals surface area contributed by atoms with Crippen LogP contribution in [0.1, 0.15) is 15.9 Å². The van der Waals surface area contributed by atoms with Crippen molar-refractivity contribution in [1.82, 2.24) is 9.97 Å². The lowest BCUT2D eigenvalue weighted by Gasteiger charge is -2.14. The van der Waals surface area contributed by atoms with E-state index in [9.17, 15) is 4.79 Å². The van der Waals surface area contributed by atoms with E-state index < -0.39 is 5.97 Å². The molecule has 0 saturated heterocycles. The van der Waals surface area contributed by atoms with Crippen LogP contribution in [0.3, 0.4) is 0 Å². The summed E-state index contributed by atoms with van der Waals surface area (Å²) in [6.07, 6.45) is 1.48. The van der Waals surface area contributed by atoms with E-state index in [1.807, 2.05) is 31.2 Å². The molecule has 8 nitrogen and oxygen atoms in total. The van der Waals surface area contributed by atoms with Crippen molar-refractivity contribution in [3.63, 3.8) is 0 Å². The van der Waals surface area contributed by atoms with Crippen LogP contribution in [0, 0.1) is 6.92 Å². The number of nitrogens with one attached hydrogen (secondary N) is 1. The Morgan fingerprint density at radius 1 is 0.938 bits per heavy atom. The molecule has 4 rings (SSSR count). The van der Waals surface area contributed by atoms with Crippen molar-refractivity contribution in [1.29, 1.82) is 0 Å². The van der Waals surface area contributed by atoms with Crippen molar-refractivity contribution in [3.8, 4) is 23.0 Å². The average molecular weight is 431 g/mol. The van der Waals surface area contributed by atoms with Crippen LogP contribution in [0.2, 0.25) is 0 Å². The highest BCUT2D eigenvalue weighted by atomic mass is 16.5. The summed E-state index contributed by atoms with van der Waals surface area (Å²) in [4.78, 5) is 19.9. The Balaban J connectivity index is 1.61. The SMILES string of the molecule is COc1cc2ncnc(Nc3ccc(Oc4cccc(C(=O)O)c4)c(C)c3)c2cc1OC. The van der Waals surface area contributed by atoms with E-state index in [-0.39, 0.29) is 5.56 Å². The minimum atomic E-state index is -1.00. The number of nitrogens with zero attached hydrogens (tertiary/aromatic N) is 2. The average Bonchev–Trinajstić information content (AvgIpc) is 2.80. The highest BCUT2D eigenvalue weighted by molar-refractivity contribution is 5.93. The van der Waals surface area contributed by atoms with Gasteiger partial charge < -0.3 is 24.6 Å². The number of carboxylic acids is 1. The molecular weight excluding hydrogens is 410 g/mol. The number of ether oxygens (including phenoxy) is 3. The van der Waals surface area contributed by atoms with Gasteiger partial charge in [0.1, 0.15) is 23.6 Å². The van der Waals surface area contributed by atoms with Crippen molar-refractivity contribution in [2.75, 3.05) is 19.5 Å². The molecule has 0 spiro atoms. The van der Waals surface area contributed by atoms with Crippen LogP contribution in [0.5, 0.6) is 23.0 Å². The zero-order valence-electron chi connectivity index (χ0n) is 17.7. The van der Waals surface area contributed by atoms with Crippen LogP contribution in [0.4, 0.5) is 11.5 Å². The van der Waals surface area contributed by atoms with Gasteiger partial charge in [0, 0.05) is 17.1 Å². The largest absolute Gasteiger partial charge is 0.493 e. The van der Waals surface area contributed by atoms with E-state index in [2.05, 4.69) is 15.3 Å². The van der Waals surface area contributed by atoms with Crippen molar-refractivity contribution < 1.29 is 24.1 Å². The summed E-state index contributed by atoms with van der Waals surface area (Å²) in [5, 5.41) is 13.3.